The molecule has 0 spiro atoms. The van der Waals surface area contributed by atoms with Gasteiger partial charge in [0.15, 0.2) is 0 Å². The molecule has 9 nitrogen and oxygen atoms in total. The van der Waals surface area contributed by atoms with Gasteiger partial charge >= 0.3 is 0 Å². The van der Waals surface area contributed by atoms with Gasteiger partial charge in [0.25, 0.3) is 0 Å². The number of hydrogen-bond acceptors (Lipinski definition) is 7. The third-order valence-electron chi connectivity index (χ3n) is 5.01. The molecule has 1 amide bonds. The standard InChI is InChI=1S/C24H29N5O2.CH3NO/c1-3-29-23-16-20(31-15-5-13-28(27)14-12-25)10-11-21(23)22(17-26)24(29)18-6-8-19(9-7-18)30-4-2;2-1-3/h6-12,14,16H,3-5,13,15,25,27H2,1-2H3;1H,(H2,2,3)/b14-12-;. The molecule has 0 aliphatic carbocycles. The molecule has 0 unspecified atom stereocenters. The first-order chi connectivity index (χ1) is 16.5. The molecule has 0 saturated carbocycles. The number of amides is 1. The molecule has 0 atom stereocenters. The number of carbonyl (C=O) groups is 1. The van der Waals surface area contributed by atoms with Crippen LogP contribution in [0.1, 0.15) is 25.8 Å². The van der Waals surface area contributed by atoms with Gasteiger partial charge in [0.05, 0.1) is 30.0 Å². The maximum Gasteiger partial charge on any atom is 0.204 e. The van der Waals surface area contributed by atoms with Gasteiger partial charge in [-0.25, -0.2) is 5.84 Å². The van der Waals surface area contributed by atoms with Crippen LogP contribution in [0.5, 0.6) is 11.5 Å². The van der Waals surface area contributed by atoms with E-state index in [1.807, 2.05) is 49.4 Å². The molecule has 180 valence electrons. The molecule has 6 N–H and O–H groups in total. The van der Waals surface area contributed by atoms with E-state index in [4.69, 9.17) is 25.8 Å². The van der Waals surface area contributed by atoms with E-state index in [2.05, 4.69) is 23.3 Å². The minimum atomic E-state index is 0.250. The highest BCUT2D eigenvalue weighted by atomic mass is 16.5. The van der Waals surface area contributed by atoms with Crippen molar-refractivity contribution < 1.29 is 14.3 Å². The highest BCUT2D eigenvalue weighted by molar-refractivity contribution is 5.95. The number of nitrogens with two attached hydrogens (primary N) is 3. The van der Waals surface area contributed by atoms with Crippen molar-refractivity contribution >= 4 is 17.3 Å². The van der Waals surface area contributed by atoms with Crippen molar-refractivity contribution in [3.63, 3.8) is 0 Å². The van der Waals surface area contributed by atoms with Gasteiger partial charge in [-0.05, 0) is 55.8 Å². The van der Waals surface area contributed by atoms with Gasteiger partial charge in [0.1, 0.15) is 17.6 Å². The number of ether oxygens (including phenoxy) is 2. The Kier molecular flexibility index (Phi) is 10.3. The summed E-state index contributed by atoms with van der Waals surface area (Å²) < 4.78 is 13.6. The lowest BCUT2D eigenvalue weighted by Gasteiger charge is -2.13. The quantitative estimate of drug-likeness (QED) is 0.181. The molecule has 0 aliphatic rings. The molecule has 0 saturated heterocycles. The third kappa shape index (κ3) is 6.43. The second kappa shape index (κ2) is 13.4. The molecule has 3 rings (SSSR count). The van der Waals surface area contributed by atoms with Crippen LogP contribution in [-0.2, 0) is 11.3 Å². The van der Waals surface area contributed by atoms with E-state index in [9.17, 15) is 5.26 Å². The highest BCUT2D eigenvalue weighted by Crippen LogP contribution is 2.36. The van der Waals surface area contributed by atoms with E-state index in [-0.39, 0.29) is 6.41 Å². The minimum absolute atomic E-state index is 0.250. The zero-order chi connectivity index (χ0) is 24.9. The van der Waals surface area contributed by atoms with Crippen LogP contribution < -0.4 is 26.8 Å². The Balaban J connectivity index is 0.00000129. The Bertz CT molecular complexity index is 1130. The van der Waals surface area contributed by atoms with Crippen molar-refractivity contribution in [2.75, 3.05) is 19.8 Å². The van der Waals surface area contributed by atoms with Crippen LogP contribution in [-0.4, -0.2) is 35.7 Å². The normalized spacial score (nSPS) is 10.4. The largest absolute Gasteiger partial charge is 0.494 e. The first-order valence-corrected chi connectivity index (χ1v) is 11.0. The topological polar surface area (TPSA) is 146 Å². The van der Waals surface area contributed by atoms with E-state index >= 15 is 0 Å². The fraction of sp³-hybridized carbons (Fsp3) is 0.280. The smallest absolute Gasteiger partial charge is 0.204 e. The molecule has 9 heteroatoms. The third-order valence-corrected chi connectivity index (χ3v) is 5.01. The number of primary amides is 1. The van der Waals surface area contributed by atoms with Crippen molar-refractivity contribution in [3.8, 4) is 28.8 Å². The van der Waals surface area contributed by atoms with Crippen molar-refractivity contribution in [1.29, 1.82) is 5.26 Å². The van der Waals surface area contributed by atoms with Crippen LogP contribution in [0.2, 0.25) is 0 Å². The summed E-state index contributed by atoms with van der Waals surface area (Å²) >= 11 is 0. The molecule has 0 bridgehead atoms. The fourth-order valence-electron chi connectivity index (χ4n) is 3.66. The van der Waals surface area contributed by atoms with E-state index < -0.39 is 0 Å². The molecule has 1 aromatic heterocycles. The van der Waals surface area contributed by atoms with Gasteiger partial charge in [-0.2, -0.15) is 5.26 Å². The van der Waals surface area contributed by atoms with Gasteiger partial charge in [-0.3, -0.25) is 4.79 Å². The predicted octanol–water partition coefficient (Wildman–Crippen LogP) is 3.07. The monoisotopic (exact) mass is 464 g/mol. The summed E-state index contributed by atoms with van der Waals surface area (Å²) in [4.78, 5) is 8.58. The lowest BCUT2D eigenvalue weighted by atomic mass is 10.1. The zero-order valence-electron chi connectivity index (χ0n) is 19.6. The number of fused-ring (bicyclic) bond motifs is 1. The van der Waals surface area contributed by atoms with Gasteiger partial charge < -0.3 is 30.5 Å². The SMILES string of the molecule is CCOc1ccc(-c2c(C#N)c3ccc(OCCCN(N)/C=C\N)cc3n2CC)cc1.NC=O. The van der Waals surface area contributed by atoms with E-state index in [0.29, 0.717) is 25.3 Å². The summed E-state index contributed by atoms with van der Waals surface area (Å²) in [5, 5.41) is 12.4. The minimum Gasteiger partial charge on any atom is -0.494 e. The van der Waals surface area contributed by atoms with Crippen LogP contribution in [0.3, 0.4) is 0 Å². The second-order valence-electron chi connectivity index (χ2n) is 7.13. The second-order valence-corrected chi connectivity index (χ2v) is 7.13. The summed E-state index contributed by atoms with van der Waals surface area (Å²) in [6, 6.07) is 16.1. The number of nitrogens with zero attached hydrogens (tertiary/aromatic N) is 3. The summed E-state index contributed by atoms with van der Waals surface area (Å²) in [6.07, 6.45) is 4.03. The summed E-state index contributed by atoms with van der Waals surface area (Å²) in [5.74, 6) is 7.34. The first kappa shape index (κ1) is 26.1. The Morgan fingerprint density at radius 3 is 2.35 bits per heavy atom. The summed E-state index contributed by atoms with van der Waals surface area (Å²) in [6.45, 7) is 6.56. The highest BCUT2D eigenvalue weighted by Gasteiger charge is 2.18. The number of aryl methyl sites for hydroxylation is 1. The molecule has 34 heavy (non-hydrogen) atoms. The maximum absolute atomic E-state index is 9.91. The lowest BCUT2D eigenvalue weighted by molar-refractivity contribution is -0.106. The van der Waals surface area contributed by atoms with Crippen LogP contribution in [0.25, 0.3) is 22.2 Å². The number of rotatable bonds is 10. The number of hydrazine groups is 1. The van der Waals surface area contributed by atoms with Crippen molar-refractivity contribution in [2.24, 2.45) is 17.3 Å². The van der Waals surface area contributed by atoms with Crippen molar-refractivity contribution in [2.45, 2.75) is 26.8 Å². The fourth-order valence-corrected chi connectivity index (χ4v) is 3.66. The first-order valence-electron chi connectivity index (χ1n) is 11.0. The van der Waals surface area contributed by atoms with Crippen LogP contribution in [0, 0.1) is 11.3 Å². The van der Waals surface area contributed by atoms with Gasteiger partial charge in [0.2, 0.25) is 6.41 Å². The molecule has 0 aliphatic heterocycles. The Morgan fingerprint density at radius 1 is 1.09 bits per heavy atom. The van der Waals surface area contributed by atoms with Crippen LogP contribution >= 0.6 is 0 Å². The Hall–Kier alpha value is -4.16. The number of hydrogen-bond donors (Lipinski definition) is 3. The number of carbonyl (C=O) groups excluding carboxylic acids is 1. The predicted molar refractivity (Wildman–Crippen MR) is 134 cm³/mol. The number of nitriles is 1. The van der Waals surface area contributed by atoms with Crippen LogP contribution in [0.15, 0.2) is 54.9 Å². The van der Waals surface area contributed by atoms with E-state index in [0.717, 1.165) is 46.6 Å². The molecule has 0 fully saturated rings. The molecular formula is C25H32N6O3. The summed E-state index contributed by atoms with van der Waals surface area (Å²) in [7, 11) is 0. The van der Waals surface area contributed by atoms with E-state index in [1.54, 1.807) is 6.20 Å². The van der Waals surface area contributed by atoms with Crippen molar-refractivity contribution in [3.05, 3.63) is 60.4 Å². The molecular weight excluding hydrogens is 432 g/mol. The lowest BCUT2D eigenvalue weighted by Crippen LogP contribution is -2.27. The molecule has 0 radical (unpaired) electrons. The average molecular weight is 465 g/mol. The van der Waals surface area contributed by atoms with Crippen LogP contribution in [0.4, 0.5) is 0 Å². The van der Waals surface area contributed by atoms with Crippen molar-refractivity contribution in [1.82, 2.24) is 9.58 Å². The summed E-state index contributed by atoms with van der Waals surface area (Å²) in [5.41, 5.74) is 13.0. The van der Waals surface area contributed by atoms with Gasteiger partial charge in [-0.15, -0.1) is 0 Å². The Morgan fingerprint density at radius 2 is 1.76 bits per heavy atom. The van der Waals surface area contributed by atoms with Gasteiger partial charge in [0, 0.05) is 43.4 Å². The average Bonchev–Trinajstić information content (AvgIpc) is 3.16. The maximum atomic E-state index is 9.91. The Labute approximate surface area is 199 Å². The number of aromatic nitrogens is 1. The number of benzene rings is 2. The molecule has 3 aromatic rings. The molecule has 1 heterocycles. The molecule has 2 aromatic carbocycles. The van der Waals surface area contributed by atoms with Gasteiger partial charge in [-0.1, -0.05) is 0 Å². The van der Waals surface area contributed by atoms with E-state index in [1.165, 1.54) is 11.2 Å². The zero-order valence-corrected chi connectivity index (χ0v) is 19.6.